The molecule has 0 aliphatic heterocycles. The van der Waals surface area contributed by atoms with Crippen LogP contribution in [0.15, 0.2) is 156 Å². The molecule has 0 unspecified atom stereocenters. The highest BCUT2D eigenvalue weighted by molar-refractivity contribution is 7.20. The standard InChI is InChI=1S/C50H39NOS/c1-50(2,3)34-25-29-43(42(30-34)32-14-5-4-6-15-32)51(35-26-27-38-37-18-9-11-22-45(37)52-46(38)31-35)44-28-24-33-16-7-8-17-36(33)48(44)41-21-13-20-40-39-19-10-12-23-47(39)53-49(40)41/h4-9,11-18,20-31H,10,19H2,1-3H3. The van der Waals surface area contributed by atoms with Crippen LogP contribution in [0.2, 0.25) is 0 Å². The van der Waals surface area contributed by atoms with E-state index >= 15 is 0 Å². The third-order valence-corrected chi connectivity index (χ3v) is 12.2. The molecule has 3 heteroatoms. The number of hydrogen-bond donors (Lipinski definition) is 0. The number of para-hydroxylation sites is 1. The summed E-state index contributed by atoms with van der Waals surface area (Å²) in [7, 11) is 0. The lowest BCUT2D eigenvalue weighted by molar-refractivity contribution is 0.590. The monoisotopic (exact) mass is 701 g/mol. The Labute approximate surface area is 314 Å². The third kappa shape index (κ3) is 5.30. The second-order valence-electron chi connectivity index (χ2n) is 15.2. The van der Waals surface area contributed by atoms with Crippen molar-refractivity contribution in [3.8, 4) is 22.3 Å². The minimum absolute atomic E-state index is 0.0173. The van der Waals surface area contributed by atoms with Crippen LogP contribution in [0, 0.1) is 0 Å². The summed E-state index contributed by atoms with van der Waals surface area (Å²) < 4.78 is 7.90. The van der Waals surface area contributed by atoms with E-state index < -0.39 is 0 Å². The molecular formula is C50H39NOS. The highest BCUT2D eigenvalue weighted by Gasteiger charge is 2.26. The van der Waals surface area contributed by atoms with E-state index in [4.69, 9.17) is 4.42 Å². The van der Waals surface area contributed by atoms with Gasteiger partial charge >= 0.3 is 0 Å². The molecule has 0 spiro atoms. The number of thiophene rings is 1. The summed E-state index contributed by atoms with van der Waals surface area (Å²) in [4.78, 5) is 3.87. The number of rotatable bonds is 5. The van der Waals surface area contributed by atoms with Crippen LogP contribution in [0.1, 0.15) is 43.2 Å². The fraction of sp³-hybridized carbons (Fsp3) is 0.120. The van der Waals surface area contributed by atoms with Crippen molar-refractivity contribution in [3.63, 3.8) is 0 Å². The molecule has 10 rings (SSSR count). The van der Waals surface area contributed by atoms with Crippen LogP contribution in [-0.2, 0) is 11.8 Å². The molecule has 0 fully saturated rings. The van der Waals surface area contributed by atoms with Gasteiger partial charge in [0, 0.05) is 48.8 Å². The highest BCUT2D eigenvalue weighted by Crippen LogP contribution is 2.51. The van der Waals surface area contributed by atoms with Crippen LogP contribution in [0.3, 0.4) is 0 Å². The Morgan fingerprint density at radius 2 is 1.36 bits per heavy atom. The van der Waals surface area contributed by atoms with E-state index in [0.29, 0.717) is 0 Å². The lowest BCUT2D eigenvalue weighted by Gasteiger charge is -2.32. The zero-order valence-electron chi connectivity index (χ0n) is 30.2. The predicted octanol–water partition coefficient (Wildman–Crippen LogP) is 15.0. The van der Waals surface area contributed by atoms with E-state index in [0.717, 1.165) is 51.8 Å². The zero-order valence-corrected chi connectivity index (χ0v) is 31.0. The van der Waals surface area contributed by atoms with E-state index in [1.165, 1.54) is 59.1 Å². The maximum absolute atomic E-state index is 6.55. The number of anilines is 3. The molecule has 0 saturated carbocycles. The van der Waals surface area contributed by atoms with Crippen LogP contribution >= 0.6 is 11.3 Å². The Bertz CT molecular complexity index is 2880. The molecule has 2 aromatic heterocycles. The van der Waals surface area contributed by atoms with Gasteiger partial charge in [0.25, 0.3) is 0 Å². The van der Waals surface area contributed by atoms with Crippen molar-refractivity contribution < 1.29 is 4.42 Å². The summed E-state index contributed by atoms with van der Waals surface area (Å²) in [5.74, 6) is 0. The quantitative estimate of drug-likeness (QED) is 0.178. The van der Waals surface area contributed by atoms with Gasteiger partial charge in [-0.2, -0.15) is 0 Å². The first-order chi connectivity index (χ1) is 25.9. The maximum atomic E-state index is 6.55. The third-order valence-electron chi connectivity index (χ3n) is 10.9. The molecule has 0 amide bonds. The summed E-state index contributed by atoms with van der Waals surface area (Å²) >= 11 is 1.93. The topological polar surface area (TPSA) is 16.4 Å². The summed E-state index contributed by atoms with van der Waals surface area (Å²) in [5.41, 5.74) is 12.7. The number of hydrogen-bond acceptors (Lipinski definition) is 3. The minimum Gasteiger partial charge on any atom is -0.456 e. The Hall–Kier alpha value is -5.90. The largest absolute Gasteiger partial charge is 0.456 e. The Morgan fingerprint density at radius 3 is 2.23 bits per heavy atom. The van der Waals surface area contributed by atoms with Gasteiger partial charge in [0.05, 0.1) is 11.4 Å². The van der Waals surface area contributed by atoms with Gasteiger partial charge < -0.3 is 9.32 Å². The zero-order chi connectivity index (χ0) is 35.7. The predicted molar refractivity (Wildman–Crippen MR) is 228 cm³/mol. The van der Waals surface area contributed by atoms with Crippen molar-refractivity contribution in [3.05, 3.63) is 168 Å². The van der Waals surface area contributed by atoms with E-state index in [9.17, 15) is 0 Å². The van der Waals surface area contributed by atoms with Crippen molar-refractivity contribution in [2.24, 2.45) is 0 Å². The van der Waals surface area contributed by atoms with E-state index in [-0.39, 0.29) is 5.41 Å². The van der Waals surface area contributed by atoms with Crippen LogP contribution in [0.25, 0.3) is 71.1 Å². The van der Waals surface area contributed by atoms with E-state index in [1.807, 2.05) is 17.4 Å². The van der Waals surface area contributed by atoms with Crippen LogP contribution < -0.4 is 4.90 Å². The van der Waals surface area contributed by atoms with Crippen molar-refractivity contribution in [1.29, 1.82) is 0 Å². The SMILES string of the molecule is CC(C)(C)c1ccc(N(c2ccc3c(c2)oc2ccccc23)c2ccc3ccccc3c2-c2cccc3c4c(sc23)C=CCC4)c(-c2ccccc2)c1. The summed E-state index contributed by atoms with van der Waals surface area (Å²) in [6.45, 7) is 6.88. The van der Waals surface area contributed by atoms with Crippen LogP contribution in [-0.4, -0.2) is 0 Å². The molecule has 2 heterocycles. The van der Waals surface area contributed by atoms with Crippen LogP contribution in [0.5, 0.6) is 0 Å². The molecular weight excluding hydrogens is 663 g/mol. The molecule has 0 atom stereocenters. The average molecular weight is 702 g/mol. The number of aryl methyl sites for hydroxylation is 1. The summed E-state index contributed by atoms with van der Waals surface area (Å²) in [5, 5.41) is 6.09. The fourth-order valence-corrected chi connectivity index (χ4v) is 9.53. The second kappa shape index (κ2) is 12.4. The summed E-state index contributed by atoms with van der Waals surface area (Å²) in [6, 6.07) is 53.4. The molecule has 1 aliphatic rings. The first kappa shape index (κ1) is 31.8. The van der Waals surface area contributed by atoms with Crippen molar-refractivity contribution >= 4 is 77.3 Å². The van der Waals surface area contributed by atoms with E-state index in [1.54, 1.807) is 0 Å². The van der Waals surface area contributed by atoms with Gasteiger partial charge in [-0.05, 0) is 93.6 Å². The Kier molecular flexibility index (Phi) is 7.42. The van der Waals surface area contributed by atoms with Gasteiger partial charge in [0.1, 0.15) is 11.2 Å². The molecule has 9 aromatic rings. The number of furan rings is 1. The van der Waals surface area contributed by atoms with Crippen LogP contribution in [0.4, 0.5) is 17.1 Å². The van der Waals surface area contributed by atoms with Gasteiger partial charge in [-0.1, -0.05) is 130 Å². The Balaban J connectivity index is 1.32. The first-order valence-corrected chi connectivity index (χ1v) is 19.4. The lowest BCUT2D eigenvalue weighted by Crippen LogP contribution is -2.15. The Morgan fingerprint density at radius 1 is 0.604 bits per heavy atom. The smallest absolute Gasteiger partial charge is 0.137 e. The number of nitrogens with zero attached hydrogens (tertiary/aromatic N) is 1. The lowest BCUT2D eigenvalue weighted by atomic mass is 9.84. The number of benzene rings is 7. The molecule has 256 valence electrons. The van der Waals surface area contributed by atoms with Crippen molar-refractivity contribution in [1.82, 2.24) is 0 Å². The highest BCUT2D eigenvalue weighted by atomic mass is 32.1. The average Bonchev–Trinajstić information content (AvgIpc) is 3.76. The molecule has 2 nitrogen and oxygen atoms in total. The van der Waals surface area contributed by atoms with Gasteiger partial charge in [-0.15, -0.1) is 11.3 Å². The molecule has 1 aliphatic carbocycles. The van der Waals surface area contributed by atoms with Gasteiger partial charge in [-0.25, -0.2) is 0 Å². The molecule has 0 saturated heterocycles. The second-order valence-corrected chi connectivity index (χ2v) is 16.3. The van der Waals surface area contributed by atoms with Gasteiger partial charge in [0.2, 0.25) is 0 Å². The summed E-state index contributed by atoms with van der Waals surface area (Å²) in [6.07, 6.45) is 6.83. The fourth-order valence-electron chi connectivity index (χ4n) is 8.23. The maximum Gasteiger partial charge on any atom is 0.137 e. The van der Waals surface area contributed by atoms with E-state index in [2.05, 4.69) is 177 Å². The molecule has 0 N–H and O–H groups in total. The molecule has 53 heavy (non-hydrogen) atoms. The minimum atomic E-state index is -0.0173. The van der Waals surface area contributed by atoms with Crippen molar-refractivity contribution in [2.75, 3.05) is 4.90 Å². The van der Waals surface area contributed by atoms with Gasteiger partial charge in [-0.3, -0.25) is 0 Å². The molecule has 0 bridgehead atoms. The number of allylic oxidation sites excluding steroid dienone is 1. The van der Waals surface area contributed by atoms with Gasteiger partial charge in [0.15, 0.2) is 0 Å². The molecule has 7 aromatic carbocycles. The normalized spacial score (nSPS) is 13.0. The van der Waals surface area contributed by atoms with Crippen molar-refractivity contribution in [2.45, 2.75) is 39.0 Å². The first-order valence-electron chi connectivity index (χ1n) is 18.6. The number of fused-ring (bicyclic) bond motifs is 7. The molecule has 0 radical (unpaired) electrons.